The Bertz CT molecular complexity index is 1630. The Labute approximate surface area is 210 Å². The number of nitrogens with one attached hydrogen (secondary N) is 1. The maximum Gasteiger partial charge on any atom is 0.418 e. The number of hydrogen-bond donors (Lipinski definition) is 1. The highest BCUT2D eigenvalue weighted by molar-refractivity contribution is 6.05. The van der Waals surface area contributed by atoms with Gasteiger partial charge >= 0.3 is 6.18 Å². The molecular formula is C28H24F3N5O. The molecule has 0 saturated carbocycles. The molecule has 6 rings (SSSR count). The molecule has 0 spiro atoms. The van der Waals surface area contributed by atoms with Crippen LogP contribution >= 0.6 is 0 Å². The largest absolute Gasteiger partial charge is 0.418 e. The molecule has 4 heterocycles. The Balaban J connectivity index is 1.59. The van der Waals surface area contributed by atoms with Crippen molar-refractivity contribution in [2.24, 2.45) is 4.99 Å². The summed E-state index contributed by atoms with van der Waals surface area (Å²) in [6.45, 7) is 2.20. The van der Waals surface area contributed by atoms with Crippen molar-refractivity contribution >= 4 is 39.3 Å². The van der Waals surface area contributed by atoms with Crippen LogP contribution in [-0.2, 0) is 6.18 Å². The molecule has 1 saturated heterocycles. The normalized spacial score (nSPS) is 16.4. The van der Waals surface area contributed by atoms with Gasteiger partial charge in [0.1, 0.15) is 0 Å². The highest BCUT2D eigenvalue weighted by atomic mass is 19.4. The fraction of sp³-hybridized carbons (Fsp3) is 0.250. The van der Waals surface area contributed by atoms with Crippen LogP contribution in [0.25, 0.3) is 33.1 Å². The van der Waals surface area contributed by atoms with Gasteiger partial charge in [0.05, 0.1) is 22.3 Å². The van der Waals surface area contributed by atoms with E-state index < -0.39 is 17.3 Å². The summed E-state index contributed by atoms with van der Waals surface area (Å²) in [7, 11) is 0. The molecule has 37 heavy (non-hydrogen) atoms. The van der Waals surface area contributed by atoms with E-state index in [1.54, 1.807) is 23.2 Å². The summed E-state index contributed by atoms with van der Waals surface area (Å²) in [5.41, 5.74) is 2.34. The minimum Gasteiger partial charge on any atom is -0.368 e. The molecule has 4 aromatic rings. The molecule has 0 aliphatic carbocycles. The molecule has 0 bridgehead atoms. The van der Waals surface area contributed by atoms with Gasteiger partial charge in [-0.25, -0.2) is 0 Å². The summed E-state index contributed by atoms with van der Waals surface area (Å²) in [5, 5.41) is 4.53. The van der Waals surface area contributed by atoms with Crippen molar-refractivity contribution < 1.29 is 13.2 Å². The predicted octanol–water partition coefficient (Wildman–Crippen LogP) is 5.17. The number of benzene rings is 2. The van der Waals surface area contributed by atoms with Gasteiger partial charge < -0.3 is 10.2 Å². The van der Waals surface area contributed by atoms with Gasteiger partial charge in [-0.2, -0.15) is 13.2 Å². The maximum absolute atomic E-state index is 14.3. The highest BCUT2D eigenvalue weighted by Crippen LogP contribution is 2.39. The Morgan fingerprint density at radius 3 is 2.57 bits per heavy atom. The zero-order chi connectivity index (χ0) is 25.6. The number of allylic oxidation sites excluding steroid dienone is 1. The van der Waals surface area contributed by atoms with Crippen LogP contribution in [-0.4, -0.2) is 41.9 Å². The van der Waals surface area contributed by atoms with Crippen LogP contribution in [0, 0.1) is 0 Å². The summed E-state index contributed by atoms with van der Waals surface area (Å²) >= 11 is 0. The molecular weight excluding hydrogens is 479 g/mol. The first-order chi connectivity index (χ1) is 17.9. The van der Waals surface area contributed by atoms with E-state index >= 15 is 0 Å². The number of pyridine rings is 2. The molecule has 2 aliphatic heterocycles. The van der Waals surface area contributed by atoms with E-state index in [4.69, 9.17) is 0 Å². The smallest absolute Gasteiger partial charge is 0.368 e. The van der Waals surface area contributed by atoms with Crippen molar-refractivity contribution in [3.8, 4) is 5.69 Å². The zero-order valence-corrected chi connectivity index (χ0v) is 19.9. The molecule has 6 nitrogen and oxygen atoms in total. The van der Waals surface area contributed by atoms with Crippen LogP contribution in [0.3, 0.4) is 0 Å². The predicted molar refractivity (Wildman–Crippen MR) is 141 cm³/mol. The minimum atomic E-state index is -4.57. The molecule has 0 amide bonds. The monoisotopic (exact) mass is 503 g/mol. The van der Waals surface area contributed by atoms with E-state index in [-0.39, 0.29) is 11.4 Å². The fourth-order valence-electron chi connectivity index (χ4n) is 5.16. The number of piperazine rings is 1. The lowest BCUT2D eigenvalue weighted by Gasteiger charge is -2.32. The number of anilines is 1. The van der Waals surface area contributed by atoms with Gasteiger partial charge in [0.25, 0.3) is 5.56 Å². The summed E-state index contributed by atoms with van der Waals surface area (Å²) in [6, 6.07) is 13.0. The zero-order valence-electron chi connectivity index (χ0n) is 19.9. The summed E-state index contributed by atoms with van der Waals surface area (Å²) in [5.74, 6) is 0. The molecule has 188 valence electrons. The van der Waals surface area contributed by atoms with Gasteiger partial charge in [0.2, 0.25) is 0 Å². The van der Waals surface area contributed by atoms with Gasteiger partial charge in [-0.05, 0) is 60.4 Å². The van der Waals surface area contributed by atoms with E-state index in [1.165, 1.54) is 16.7 Å². The topological polar surface area (TPSA) is 62.5 Å². The second-order valence-corrected chi connectivity index (χ2v) is 9.26. The van der Waals surface area contributed by atoms with Gasteiger partial charge in [0.15, 0.2) is 0 Å². The molecule has 1 fully saturated rings. The fourth-order valence-corrected chi connectivity index (χ4v) is 5.16. The average molecular weight is 504 g/mol. The van der Waals surface area contributed by atoms with E-state index in [1.807, 2.05) is 30.6 Å². The lowest BCUT2D eigenvalue weighted by atomic mass is 9.98. The first kappa shape index (κ1) is 23.4. The quantitative estimate of drug-likeness (QED) is 0.392. The first-order valence-corrected chi connectivity index (χ1v) is 12.2. The molecule has 2 aromatic carbocycles. The van der Waals surface area contributed by atoms with Crippen LogP contribution in [0.4, 0.5) is 18.9 Å². The summed E-state index contributed by atoms with van der Waals surface area (Å²) in [4.78, 5) is 23.8. The second kappa shape index (κ2) is 9.15. The average Bonchev–Trinajstić information content (AvgIpc) is 2.93. The van der Waals surface area contributed by atoms with Crippen molar-refractivity contribution in [2.45, 2.75) is 19.0 Å². The van der Waals surface area contributed by atoms with Gasteiger partial charge in [0, 0.05) is 67.3 Å². The third kappa shape index (κ3) is 4.29. The van der Waals surface area contributed by atoms with Crippen LogP contribution in [0.1, 0.15) is 24.0 Å². The number of fused-ring (bicyclic) bond motifs is 3. The molecule has 0 radical (unpaired) electrons. The van der Waals surface area contributed by atoms with Crippen molar-refractivity contribution in [1.29, 1.82) is 0 Å². The van der Waals surface area contributed by atoms with Crippen molar-refractivity contribution in [2.75, 3.05) is 31.1 Å². The number of halogens is 3. The summed E-state index contributed by atoms with van der Waals surface area (Å²) in [6.07, 6.45) is 2.43. The van der Waals surface area contributed by atoms with Gasteiger partial charge in [-0.1, -0.05) is 6.07 Å². The third-order valence-corrected chi connectivity index (χ3v) is 6.97. The Hall–Kier alpha value is -3.98. The summed E-state index contributed by atoms with van der Waals surface area (Å²) < 4.78 is 44.2. The van der Waals surface area contributed by atoms with Crippen molar-refractivity contribution in [3.05, 3.63) is 82.4 Å². The standard InChI is InChI=1S/C28H24F3N5O/c29-28(30,31)23-15-21(5-7-25(23)35-12-10-32-11-13-35)36-26(37)8-4-20-17-34-24-6-3-18(14-22(24)27(20)36)19-2-1-9-33-16-19/h3-9,14-17,32H,1-2,10-13H2. The van der Waals surface area contributed by atoms with Crippen molar-refractivity contribution in [3.63, 3.8) is 0 Å². The van der Waals surface area contributed by atoms with Crippen LogP contribution in [0.5, 0.6) is 0 Å². The molecule has 0 atom stereocenters. The van der Waals surface area contributed by atoms with E-state index in [0.29, 0.717) is 48.0 Å². The lowest BCUT2D eigenvalue weighted by Crippen LogP contribution is -2.44. The van der Waals surface area contributed by atoms with Gasteiger partial charge in [-0.15, -0.1) is 0 Å². The first-order valence-electron chi connectivity index (χ1n) is 12.2. The van der Waals surface area contributed by atoms with Crippen LogP contribution in [0.15, 0.2) is 70.7 Å². The minimum absolute atomic E-state index is 0.129. The van der Waals surface area contributed by atoms with E-state index in [2.05, 4.69) is 15.3 Å². The third-order valence-electron chi connectivity index (χ3n) is 6.97. The lowest BCUT2D eigenvalue weighted by molar-refractivity contribution is -0.137. The Morgan fingerprint density at radius 1 is 0.973 bits per heavy atom. The Kier molecular flexibility index (Phi) is 5.79. The number of aliphatic imine (C=N–C) groups is 1. The molecule has 9 heteroatoms. The SMILES string of the molecule is O=c1ccc2cnc3ccc(C4=CN=CCC4)cc3c2n1-c1ccc(N2CCNCC2)c(C(F)(F)F)c1. The van der Waals surface area contributed by atoms with Crippen LogP contribution < -0.4 is 15.8 Å². The number of hydrogen-bond acceptors (Lipinski definition) is 5. The molecule has 0 unspecified atom stereocenters. The van der Waals surface area contributed by atoms with Crippen molar-refractivity contribution in [1.82, 2.24) is 14.9 Å². The van der Waals surface area contributed by atoms with E-state index in [0.717, 1.165) is 30.0 Å². The van der Waals surface area contributed by atoms with E-state index in [9.17, 15) is 18.0 Å². The number of nitrogens with zero attached hydrogens (tertiary/aromatic N) is 4. The number of aromatic nitrogens is 2. The molecule has 2 aliphatic rings. The number of rotatable bonds is 3. The van der Waals surface area contributed by atoms with Crippen LogP contribution in [0.2, 0.25) is 0 Å². The number of alkyl halides is 3. The van der Waals surface area contributed by atoms with Gasteiger partial charge in [-0.3, -0.25) is 19.3 Å². The Morgan fingerprint density at radius 2 is 1.81 bits per heavy atom. The highest BCUT2D eigenvalue weighted by Gasteiger charge is 2.36. The maximum atomic E-state index is 14.3. The second-order valence-electron chi connectivity index (χ2n) is 9.26. The molecule has 1 N–H and O–H groups in total. The molecule has 2 aromatic heterocycles.